The van der Waals surface area contributed by atoms with Crippen LogP contribution in [-0.2, 0) is 24.0 Å². The quantitative estimate of drug-likeness (QED) is 0.0834. The van der Waals surface area contributed by atoms with E-state index < -0.39 is 65.2 Å². The summed E-state index contributed by atoms with van der Waals surface area (Å²) in [6, 6.07) is -3.52. The van der Waals surface area contributed by atoms with Gasteiger partial charge in [0.15, 0.2) is 0 Å². The van der Waals surface area contributed by atoms with Crippen LogP contribution >= 0.6 is 28.6 Å². The number of nitrogens with two attached hydrogens (primary N) is 2. The SMILES string of the molecule is CC(CC(=O)NC(N)=O)C(Br)N(CC(=O)O)C(=O)C(CS)NC(=O)CCC(N)C(=O)O. The number of amides is 5. The van der Waals surface area contributed by atoms with Crippen LogP contribution in [0.2, 0.25) is 0 Å². The molecule has 0 saturated heterocycles. The minimum Gasteiger partial charge on any atom is -0.480 e. The Hall–Kier alpha value is -2.39. The van der Waals surface area contributed by atoms with Gasteiger partial charge in [-0.3, -0.25) is 29.3 Å². The van der Waals surface area contributed by atoms with E-state index in [-0.39, 0.29) is 25.0 Å². The zero-order valence-corrected chi connectivity index (χ0v) is 19.1. The summed E-state index contributed by atoms with van der Waals surface area (Å²) in [6.45, 7) is 0.782. The molecule has 0 bridgehead atoms. The number of hydrogen-bond acceptors (Lipinski definition) is 8. The normalized spacial score (nSPS) is 14.5. The molecule has 8 N–H and O–H groups in total. The lowest BCUT2D eigenvalue weighted by atomic mass is 10.1. The molecule has 0 radical (unpaired) electrons. The topological polar surface area (TPSA) is 222 Å². The van der Waals surface area contributed by atoms with Crippen LogP contribution in [0.15, 0.2) is 0 Å². The van der Waals surface area contributed by atoms with Gasteiger partial charge in [-0.2, -0.15) is 12.6 Å². The Morgan fingerprint density at radius 1 is 1.13 bits per heavy atom. The first kappa shape index (κ1) is 28.6. The number of carbonyl (C=O) groups is 6. The number of hydrogen-bond donors (Lipinski definition) is 7. The number of carboxylic acid groups (broad SMARTS) is 2. The smallest absolute Gasteiger partial charge is 0.323 e. The third kappa shape index (κ3) is 11.0. The molecule has 0 aromatic heterocycles. The average molecular weight is 528 g/mol. The standard InChI is InChI=1S/C16H26BrN5O8S/c1-7(4-11(24)21-16(19)30)13(17)22(5-12(25)26)14(27)9(6-31)20-10(23)3-2-8(18)15(28)29/h7-9,13,31H,2-6,18H2,1H3,(H,20,23)(H,25,26)(H,28,29)(H3,19,21,24,30). The van der Waals surface area contributed by atoms with Gasteiger partial charge in [-0.05, 0) is 12.3 Å². The van der Waals surface area contributed by atoms with E-state index >= 15 is 0 Å². The molecular weight excluding hydrogens is 502 g/mol. The molecule has 15 heteroatoms. The predicted molar refractivity (Wildman–Crippen MR) is 114 cm³/mol. The molecule has 4 atom stereocenters. The first-order valence-electron chi connectivity index (χ1n) is 8.94. The Morgan fingerprint density at radius 3 is 2.16 bits per heavy atom. The van der Waals surface area contributed by atoms with Crippen LogP contribution in [0.1, 0.15) is 26.2 Å². The zero-order chi connectivity index (χ0) is 24.3. The Morgan fingerprint density at radius 2 is 1.71 bits per heavy atom. The maximum Gasteiger partial charge on any atom is 0.323 e. The second kappa shape index (κ2) is 13.8. The largest absolute Gasteiger partial charge is 0.480 e. The minimum atomic E-state index is -1.34. The number of nitrogens with zero attached hydrogens (tertiary/aromatic N) is 1. The van der Waals surface area contributed by atoms with Crippen molar-refractivity contribution in [2.45, 2.75) is 43.2 Å². The third-order valence-corrected chi connectivity index (χ3v) is 5.70. The fourth-order valence-electron chi connectivity index (χ4n) is 2.38. The number of primary amides is 1. The molecule has 0 saturated carbocycles. The molecule has 13 nitrogen and oxygen atoms in total. The summed E-state index contributed by atoms with van der Waals surface area (Å²) in [5, 5.41) is 22.1. The lowest BCUT2D eigenvalue weighted by molar-refractivity contribution is -0.146. The van der Waals surface area contributed by atoms with Gasteiger partial charge in [0.25, 0.3) is 0 Å². The molecule has 0 aromatic carbocycles. The molecule has 0 aliphatic rings. The Labute approximate surface area is 191 Å². The van der Waals surface area contributed by atoms with Crippen molar-refractivity contribution in [1.29, 1.82) is 0 Å². The van der Waals surface area contributed by atoms with Gasteiger partial charge in [0.2, 0.25) is 17.7 Å². The van der Waals surface area contributed by atoms with Gasteiger partial charge in [0.05, 0.1) is 4.95 Å². The highest BCUT2D eigenvalue weighted by Crippen LogP contribution is 2.22. The van der Waals surface area contributed by atoms with Crippen LogP contribution in [-0.4, -0.2) is 80.1 Å². The molecule has 4 unspecified atom stereocenters. The van der Waals surface area contributed by atoms with Crippen LogP contribution in [0.4, 0.5) is 4.79 Å². The molecule has 0 aliphatic heterocycles. The van der Waals surface area contributed by atoms with Gasteiger partial charge >= 0.3 is 18.0 Å². The van der Waals surface area contributed by atoms with E-state index in [1.165, 1.54) is 6.92 Å². The highest BCUT2D eigenvalue weighted by Gasteiger charge is 2.33. The number of nitrogens with one attached hydrogen (secondary N) is 2. The number of carboxylic acids is 2. The predicted octanol–water partition coefficient (Wildman–Crippen LogP) is -1.55. The lowest BCUT2D eigenvalue weighted by Gasteiger charge is -2.33. The zero-order valence-electron chi connectivity index (χ0n) is 16.6. The van der Waals surface area contributed by atoms with Crippen LogP contribution < -0.4 is 22.1 Å². The summed E-state index contributed by atoms with van der Waals surface area (Å²) in [6.07, 6.45) is -0.695. The highest BCUT2D eigenvalue weighted by atomic mass is 79.9. The van der Waals surface area contributed by atoms with Crippen molar-refractivity contribution in [2.24, 2.45) is 17.4 Å². The number of urea groups is 1. The number of alkyl halides is 1. The molecule has 0 heterocycles. The monoisotopic (exact) mass is 527 g/mol. The van der Waals surface area contributed by atoms with Crippen molar-refractivity contribution in [3.05, 3.63) is 0 Å². The summed E-state index contributed by atoms with van der Waals surface area (Å²) in [7, 11) is 0. The molecule has 31 heavy (non-hydrogen) atoms. The molecule has 0 spiro atoms. The molecule has 0 aliphatic carbocycles. The van der Waals surface area contributed by atoms with E-state index in [1.54, 1.807) is 0 Å². The maximum absolute atomic E-state index is 12.9. The molecular formula is C16H26BrN5O8S. The second-order valence-electron chi connectivity index (χ2n) is 6.61. The molecule has 0 aromatic rings. The molecule has 176 valence electrons. The van der Waals surface area contributed by atoms with Gasteiger partial charge < -0.3 is 31.9 Å². The average Bonchev–Trinajstić information content (AvgIpc) is 2.66. The number of aliphatic carboxylic acids is 2. The lowest BCUT2D eigenvalue weighted by Crippen LogP contribution is -2.54. The fourth-order valence-corrected chi connectivity index (χ4v) is 3.16. The van der Waals surface area contributed by atoms with E-state index in [4.69, 9.17) is 21.7 Å². The third-order valence-electron chi connectivity index (χ3n) is 3.94. The van der Waals surface area contributed by atoms with Gasteiger partial charge in [0, 0.05) is 18.6 Å². The Bertz CT molecular complexity index is 709. The Kier molecular flexibility index (Phi) is 12.8. The van der Waals surface area contributed by atoms with Gasteiger partial charge in [0.1, 0.15) is 18.6 Å². The number of imide groups is 1. The fraction of sp³-hybridized carbons (Fsp3) is 0.625. The van der Waals surface area contributed by atoms with E-state index in [9.17, 15) is 28.8 Å². The van der Waals surface area contributed by atoms with Gasteiger partial charge in [-0.25, -0.2) is 4.79 Å². The van der Waals surface area contributed by atoms with Crippen LogP contribution in [0.3, 0.4) is 0 Å². The summed E-state index contributed by atoms with van der Waals surface area (Å²) >= 11 is 7.20. The molecule has 0 rings (SSSR count). The first-order valence-corrected chi connectivity index (χ1v) is 10.5. The summed E-state index contributed by atoms with van der Waals surface area (Å²) in [5.41, 5.74) is 10.2. The number of halogens is 1. The van der Waals surface area contributed by atoms with Crippen molar-refractivity contribution in [3.63, 3.8) is 0 Å². The maximum atomic E-state index is 12.9. The van der Waals surface area contributed by atoms with Crippen LogP contribution in [0.5, 0.6) is 0 Å². The van der Waals surface area contributed by atoms with E-state index in [0.29, 0.717) is 0 Å². The van der Waals surface area contributed by atoms with E-state index in [0.717, 1.165) is 4.90 Å². The van der Waals surface area contributed by atoms with Crippen LogP contribution in [0, 0.1) is 5.92 Å². The Balaban J connectivity index is 5.27. The van der Waals surface area contributed by atoms with Crippen molar-refractivity contribution in [2.75, 3.05) is 12.3 Å². The minimum absolute atomic E-state index is 0.166. The number of thiol groups is 1. The van der Waals surface area contributed by atoms with Crippen molar-refractivity contribution in [3.8, 4) is 0 Å². The highest BCUT2D eigenvalue weighted by molar-refractivity contribution is 9.09. The number of carbonyl (C=O) groups excluding carboxylic acids is 4. The summed E-state index contributed by atoms with van der Waals surface area (Å²) < 4.78 is 0. The summed E-state index contributed by atoms with van der Waals surface area (Å²) in [5.74, 6) is -5.63. The van der Waals surface area contributed by atoms with Gasteiger partial charge in [-0.1, -0.05) is 22.9 Å². The second-order valence-corrected chi connectivity index (χ2v) is 7.92. The summed E-state index contributed by atoms with van der Waals surface area (Å²) in [4.78, 5) is 69.3. The molecule has 0 fully saturated rings. The van der Waals surface area contributed by atoms with E-state index in [2.05, 4.69) is 33.9 Å². The van der Waals surface area contributed by atoms with Gasteiger partial charge in [-0.15, -0.1) is 0 Å². The molecule has 5 amide bonds. The van der Waals surface area contributed by atoms with Crippen molar-refractivity contribution < 1.29 is 39.0 Å². The number of rotatable bonds is 13. The first-order chi connectivity index (χ1) is 14.3. The van der Waals surface area contributed by atoms with Crippen LogP contribution in [0.25, 0.3) is 0 Å². The van der Waals surface area contributed by atoms with E-state index in [1.807, 2.05) is 5.32 Å². The van der Waals surface area contributed by atoms with Crippen molar-refractivity contribution >= 4 is 64.2 Å². The van der Waals surface area contributed by atoms with Crippen molar-refractivity contribution in [1.82, 2.24) is 15.5 Å².